The smallest absolute Gasteiger partial charge is 0.0890 e. The van der Waals surface area contributed by atoms with E-state index in [1.165, 1.54) is 21.4 Å². The molecule has 0 saturated heterocycles. The Morgan fingerprint density at radius 2 is 0.654 bits per heavy atom. The van der Waals surface area contributed by atoms with E-state index in [2.05, 4.69) is 111 Å². The fraction of sp³-hybridized carbons (Fsp3) is 0. The average molecular weight is 352 g/mol. The van der Waals surface area contributed by atoms with Crippen molar-refractivity contribution in [1.29, 1.82) is 0 Å². The molecule has 0 amide bonds. The summed E-state index contributed by atoms with van der Waals surface area (Å²) in [6.07, 6.45) is 0. The lowest BCUT2D eigenvalue weighted by molar-refractivity contribution is 1.74. The summed E-state index contributed by atoms with van der Waals surface area (Å²) in [6, 6.07) is 42.6. The van der Waals surface area contributed by atoms with Gasteiger partial charge in [-0.1, -0.05) is 127 Å². The molecule has 126 valence electrons. The van der Waals surface area contributed by atoms with Gasteiger partial charge in [-0.3, -0.25) is 0 Å². The molecule has 0 bridgehead atoms. The van der Waals surface area contributed by atoms with Gasteiger partial charge in [0.1, 0.15) is 7.85 Å². The SMILES string of the molecule is Bc1ccccc1.c1ccc(P(c2ccccc2)c2ccccc2)cc1. The summed E-state index contributed by atoms with van der Waals surface area (Å²) < 4.78 is 0. The molecule has 4 aromatic rings. The van der Waals surface area contributed by atoms with Crippen LogP contribution in [0, 0.1) is 0 Å². The van der Waals surface area contributed by atoms with Gasteiger partial charge < -0.3 is 0 Å². The third-order valence-electron chi connectivity index (χ3n) is 3.98. The second-order valence-corrected chi connectivity index (χ2v) is 8.22. The molecule has 0 heterocycles. The Balaban J connectivity index is 0.000000236. The summed E-state index contributed by atoms with van der Waals surface area (Å²) in [6.45, 7) is 0. The minimum atomic E-state index is -0.446. The van der Waals surface area contributed by atoms with Crippen LogP contribution in [0.15, 0.2) is 121 Å². The summed E-state index contributed by atoms with van der Waals surface area (Å²) in [7, 11) is 1.64. The van der Waals surface area contributed by atoms with Crippen molar-refractivity contribution in [2.75, 3.05) is 0 Å². The molecule has 4 aromatic carbocycles. The van der Waals surface area contributed by atoms with E-state index in [1.807, 2.05) is 18.2 Å². The Labute approximate surface area is 158 Å². The van der Waals surface area contributed by atoms with Gasteiger partial charge in [0.25, 0.3) is 0 Å². The molecule has 0 fully saturated rings. The van der Waals surface area contributed by atoms with Crippen LogP contribution in [-0.2, 0) is 0 Å². The number of rotatable bonds is 3. The van der Waals surface area contributed by atoms with E-state index in [9.17, 15) is 0 Å². The van der Waals surface area contributed by atoms with Crippen molar-refractivity contribution >= 4 is 37.1 Å². The summed E-state index contributed by atoms with van der Waals surface area (Å²) in [5.41, 5.74) is 1.32. The number of benzene rings is 4. The first-order chi connectivity index (χ1) is 12.8. The van der Waals surface area contributed by atoms with Gasteiger partial charge in [-0.05, 0) is 23.8 Å². The van der Waals surface area contributed by atoms with Gasteiger partial charge in [-0.15, -0.1) is 0 Å². The maximum atomic E-state index is 2.23. The second-order valence-electron chi connectivity index (χ2n) is 6.00. The average Bonchev–Trinajstić information content (AvgIpc) is 2.72. The molecule has 0 radical (unpaired) electrons. The molecule has 4 rings (SSSR count). The summed E-state index contributed by atoms with van der Waals surface area (Å²) in [4.78, 5) is 0. The van der Waals surface area contributed by atoms with Crippen LogP contribution in [-0.4, -0.2) is 7.85 Å². The molecular formula is C24H22BP. The predicted octanol–water partition coefficient (Wildman–Crippen LogP) is 3.39. The van der Waals surface area contributed by atoms with Gasteiger partial charge in [0.15, 0.2) is 0 Å². The van der Waals surface area contributed by atoms with Gasteiger partial charge in [0, 0.05) is 0 Å². The van der Waals surface area contributed by atoms with E-state index in [4.69, 9.17) is 0 Å². The minimum Gasteiger partial charge on any atom is -0.0890 e. The fourth-order valence-electron chi connectivity index (χ4n) is 2.71. The van der Waals surface area contributed by atoms with E-state index in [0.717, 1.165) is 0 Å². The molecule has 0 N–H and O–H groups in total. The zero-order chi connectivity index (χ0) is 18.0. The van der Waals surface area contributed by atoms with E-state index >= 15 is 0 Å². The molecule has 0 atom stereocenters. The Hall–Kier alpha value is -2.63. The zero-order valence-corrected chi connectivity index (χ0v) is 15.9. The van der Waals surface area contributed by atoms with E-state index in [0.29, 0.717) is 0 Å². The standard InChI is InChI=1S/C18H15P.C6H7B/c1-4-10-16(11-5-1)19(17-12-6-2-7-13-17)18-14-8-3-9-15-18;7-6-4-2-1-3-5-6/h1-15H;1-5H,7H2. The van der Waals surface area contributed by atoms with Crippen LogP contribution >= 0.6 is 7.92 Å². The van der Waals surface area contributed by atoms with Gasteiger partial charge in [0.2, 0.25) is 0 Å². The first kappa shape index (κ1) is 18.2. The van der Waals surface area contributed by atoms with Crippen LogP contribution in [0.5, 0.6) is 0 Å². The van der Waals surface area contributed by atoms with Crippen LogP contribution in [0.2, 0.25) is 0 Å². The molecule has 0 unspecified atom stereocenters. The first-order valence-corrected chi connectivity index (χ1v) is 10.2. The minimum absolute atomic E-state index is 0.446. The highest BCUT2D eigenvalue weighted by Crippen LogP contribution is 2.32. The summed E-state index contributed by atoms with van der Waals surface area (Å²) in [5.74, 6) is 0. The second kappa shape index (κ2) is 9.75. The lowest BCUT2D eigenvalue weighted by Crippen LogP contribution is -2.20. The number of hydrogen-bond acceptors (Lipinski definition) is 0. The van der Waals surface area contributed by atoms with Crippen molar-refractivity contribution in [3.8, 4) is 0 Å². The van der Waals surface area contributed by atoms with Crippen LogP contribution in [0.1, 0.15) is 0 Å². The van der Waals surface area contributed by atoms with Gasteiger partial charge >= 0.3 is 0 Å². The van der Waals surface area contributed by atoms with Crippen LogP contribution < -0.4 is 21.4 Å². The quantitative estimate of drug-likeness (QED) is 0.392. The summed E-state index contributed by atoms with van der Waals surface area (Å²) in [5, 5.41) is 4.19. The fourth-order valence-corrected chi connectivity index (χ4v) is 5.02. The highest BCUT2D eigenvalue weighted by Gasteiger charge is 2.14. The molecule has 0 aliphatic rings. The lowest BCUT2D eigenvalue weighted by atomic mass is 9.97. The normalized spacial score (nSPS) is 10.0. The van der Waals surface area contributed by atoms with Crippen molar-refractivity contribution in [3.05, 3.63) is 121 Å². The maximum Gasteiger partial charge on any atom is 0.139 e. The summed E-state index contributed by atoms with van der Waals surface area (Å²) >= 11 is 0. The van der Waals surface area contributed by atoms with Crippen LogP contribution in [0.4, 0.5) is 0 Å². The zero-order valence-electron chi connectivity index (χ0n) is 15.0. The molecule has 0 nitrogen and oxygen atoms in total. The highest BCUT2D eigenvalue weighted by atomic mass is 31.1. The van der Waals surface area contributed by atoms with Crippen molar-refractivity contribution in [3.63, 3.8) is 0 Å². The predicted molar refractivity (Wildman–Crippen MR) is 120 cm³/mol. The molecule has 0 aliphatic heterocycles. The van der Waals surface area contributed by atoms with Crippen LogP contribution in [0.25, 0.3) is 0 Å². The Bertz CT molecular complexity index is 784. The van der Waals surface area contributed by atoms with Gasteiger partial charge in [0.05, 0.1) is 0 Å². The molecular weight excluding hydrogens is 330 g/mol. The molecule has 0 spiro atoms. The van der Waals surface area contributed by atoms with Gasteiger partial charge in [-0.25, -0.2) is 0 Å². The van der Waals surface area contributed by atoms with Gasteiger partial charge in [-0.2, -0.15) is 0 Å². The topological polar surface area (TPSA) is 0 Å². The van der Waals surface area contributed by atoms with E-state index in [-0.39, 0.29) is 0 Å². The van der Waals surface area contributed by atoms with Crippen molar-refractivity contribution in [1.82, 2.24) is 0 Å². The third kappa shape index (κ3) is 5.18. The highest BCUT2D eigenvalue weighted by molar-refractivity contribution is 7.79. The molecule has 0 aliphatic carbocycles. The first-order valence-electron chi connectivity index (χ1n) is 8.81. The molecule has 0 saturated carbocycles. The van der Waals surface area contributed by atoms with E-state index in [1.54, 1.807) is 0 Å². The van der Waals surface area contributed by atoms with Crippen LogP contribution in [0.3, 0.4) is 0 Å². The molecule has 2 heteroatoms. The van der Waals surface area contributed by atoms with Crippen molar-refractivity contribution in [2.24, 2.45) is 0 Å². The Morgan fingerprint density at radius 3 is 0.885 bits per heavy atom. The largest absolute Gasteiger partial charge is 0.139 e. The van der Waals surface area contributed by atoms with E-state index < -0.39 is 7.92 Å². The maximum absolute atomic E-state index is 2.23. The Morgan fingerprint density at radius 1 is 0.385 bits per heavy atom. The van der Waals surface area contributed by atoms with Crippen molar-refractivity contribution < 1.29 is 0 Å². The molecule has 26 heavy (non-hydrogen) atoms. The Kier molecular flexibility index (Phi) is 6.82. The lowest BCUT2D eigenvalue weighted by Gasteiger charge is -2.18. The monoisotopic (exact) mass is 352 g/mol. The molecule has 0 aromatic heterocycles. The number of hydrogen-bond donors (Lipinski definition) is 0. The van der Waals surface area contributed by atoms with Crippen molar-refractivity contribution in [2.45, 2.75) is 0 Å². The third-order valence-corrected chi connectivity index (χ3v) is 6.43.